The van der Waals surface area contributed by atoms with Crippen molar-refractivity contribution in [3.05, 3.63) is 65.0 Å². The number of benzene rings is 2. The molecule has 25 heavy (non-hydrogen) atoms. The second kappa shape index (κ2) is 6.84. The number of hydrogen-bond acceptors (Lipinski definition) is 4. The summed E-state index contributed by atoms with van der Waals surface area (Å²) in [4.78, 5) is 35.6. The van der Waals surface area contributed by atoms with Crippen molar-refractivity contribution < 1.29 is 23.5 Å². The molecule has 1 heterocycles. The molecule has 2 aromatic carbocycles. The van der Waals surface area contributed by atoms with E-state index in [4.69, 9.17) is 4.74 Å². The normalized spacial score (nSPS) is 15.4. The van der Waals surface area contributed by atoms with Crippen LogP contribution in [0.2, 0.25) is 0 Å². The average Bonchev–Trinajstić information content (AvgIpc) is 2.89. The molecule has 1 atom stereocenters. The monoisotopic (exact) mass is 341 g/mol. The molecule has 1 aliphatic heterocycles. The van der Waals surface area contributed by atoms with E-state index in [0.717, 1.165) is 5.56 Å². The van der Waals surface area contributed by atoms with Crippen molar-refractivity contribution in [3.8, 4) is 0 Å². The maximum absolute atomic E-state index is 12.8. The molecule has 0 saturated carbocycles. The SMILES string of the molecule is C[C@H]1C(=O)Nc2ccc(C(=O)COC(=O)Cc3ccc(F)cc3)cc21. The maximum Gasteiger partial charge on any atom is 0.310 e. The van der Waals surface area contributed by atoms with Crippen molar-refractivity contribution in [3.63, 3.8) is 0 Å². The first-order valence-electron chi connectivity index (χ1n) is 7.82. The molecule has 1 amide bonds. The van der Waals surface area contributed by atoms with Crippen LogP contribution in [0.5, 0.6) is 0 Å². The van der Waals surface area contributed by atoms with Crippen molar-refractivity contribution in [1.29, 1.82) is 0 Å². The number of carbonyl (C=O) groups excluding carboxylic acids is 3. The smallest absolute Gasteiger partial charge is 0.310 e. The number of fused-ring (bicyclic) bond motifs is 1. The highest BCUT2D eigenvalue weighted by molar-refractivity contribution is 6.05. The lowest BCUT2D eigenvalue weighted by Crippen LogP contribution is -2.16. The number of halogens is 1. The molecule has 0 aliphatic carbocycles. The third kappa shape index (κ3) is 3.74. The quantitative estimate of drug-likeness (QED) is 0.670. The van der Waals surface area contributed by atoms with Gasteiger partial charge in [0.25, 0.3) is 0 Å². The van der Waals surface area contributed by atoms with E-state index < -0.39 is 5.97 Å². The van der Waals surface area contributed by atoms with Crippen molar-refractivity contribution in [1.82, 2.24) is 0 Å². The summed E-state index contributed by atoms with van der Waals surface area (Å²) in [6.45, 7) is 1.38. The van der Waals surface area contributed by atoms with E-state index in [-0.39, 0.29) is 36.5 Å². The molecule has 1 N–H and O–H groups in total. The fraction of sp³-hybridized carbons (Fsp3) is 0.211. The first-order valence-corrected chi connectivity index (χ1v) is 7.82. The molecular formula is C19H16FNO4. The minimum atomic E-state index is -0.564. The van der Waals surface area contributed by atoms with Gasteiger partial charge in [0.15, 0.2) is 12.4 Å². The number of carbonyl (C=O) groups is 3. The molecule has 0 unspecified atom stereocenters. The van der Waals surface area contributed by atoms with Crippen LogP contribution in [0.3, 0.4) is 0 Å². The van der Waals surface area contributed by atoms with Crippen molar-refractivity contribution >= 4 is 23.3 Å². The number of ether oxygens (including phenoxy) is 1. The fourth-order valence-electron chi connectivity index (χ4n) is 2.64. The third-order valence-electron chi connectivity index (χ3n) is 4.12. The molecule has 0 bridgehead atoms. The Morgan fingerprint density at radius 1 is 1.16 bits per heavy atom. The standard InChI is InChI=1S/C19H16FNO4/c1-11-15-9-13(4-7-16(15)21-19(11)24)17(22)10-25-18(23)8-12-2-5-14(20)6-3-12/h2-7,9,11H,8,10H2,1H3,(H,21,24)/t11-/m1/s1. The summed E-state index contributed by atoms with van der Waals surface area (Å²) in [5, 5.41) is 2.73. The van der Waals surface area contributed by atoms with Crippen LogP contribution in [0, 0.1) is 5.82 Å². The van der Waals surface area contributed by atoms with Crippen LogP contribution in [0.25, 0.3) is 0 Å². The molecule has 6 heteroatoms. The number of anilines is 1. The zero-order chi connectivity index (χ0) is 18.0. The summed E-state index contributed by atoms with van der Waals surface area (Å²) in [6.07, 6.45) is -0.0345. The summed E-state index contributed by atoms with van der Waals surface area (Å²) in [5.74, 6) is -1.71. The summed E-state index contributed by atoms with van der Waals surface area (Å²) in [6, 6.07) is 10.4. The highest BCUT2D eigenvalue weighted by Gasteiger charge is 2.27. The highest BCUT2D eigenvalue weighted by atomic mass is 19.1. The largest absolute Gasteiger partial charge is 0.457 e. The first kappa shape index (κ1) is 16.8. The molecule has 0 fully saturated rings. The van der Waals surface area contributed by atoms with Gasteiger partial charge in [-0.25, -0.2) is 4.39 Å². The van der Waals surface area contributed by atoms with Gasteiger partial charge >= 0.3 is 5.97 Å². The van der Waals surface area contributed by atoms with Gasteiger partial charge in [-0.2, -0.15) is 0 Å². The maximum atomic E-state index is 12.8. The molecule has 1 aliphatic rings. The van der Waals surface area contributed by atoms with Crippen molar-refractivity contribution in [2.24, 2.45) is 0 Å². The lowest BCUT2D eigenvalue weighted by molar-refractivity contribution is -0.141. The molecule has 3 rings (SSSR count). The van der Waals surface area contributed by atoms with Crippen LogP contribution in [0.1, 0.15) is 34.3 Å². The second-order valence-electron chi connectivity index (χ2n) is 5.90. The second-order valence-corrected chi connectivity index (χ2v) is 5.90. The van der Waals surface area contributed by atoms with Crippen LogP contribution < -0.4 is 5.32 Å². The Hall–Kier alpha value is -3.02. The number of Topliss-reactive ketones (excluding diaryl/α,β-unsaturated/α-hetero) is 1. The summed E-state index contributed by atoms with van der Waals surface area (Å²) < 4.78 is 17.8. The van der Waals surface area contributed by atoms with Gasteiger partial charge < -0.3 is 10.1 Å². The zero-order valence-electron chi connectivity index (χ0n) is 13.5. The Balaban J connectivity index is 1.59. The molecule has 0 spiro atoms. The van der Waals surface area contributed by atoms with E-state index in [1.807, 2.05) is 0 Å². The van der Waals surface area contributed by atoms with Gasteiger partial charge in [-0.3, -0.25) is 14.4 Å². The van der Waals surface area contributed by atoms with Crippen LogP contribution in [-0.4, -0.2) is 24.3 Å². The first-order chi connectivity index (χ1) is 11.9. The van der Waals surface area contributed by atoms with Crippen LogP contribution in [0.15, 0.2) is 42.5 Å². The van der Waals surface area contributed by atoms with Crippen molar-refractivity contribution in [2.45, 2.75) is 19.3 Å². The van der Waals surface area contributed by atoms with Crippen LogP contribution in [0.4, 0.5) is 10.1 Å². The number of rotatable bonds is 5. The van der Waals surface area contributed by atoms with E-state index in [0.29, 0.717) is 16.8 Å². The predicted octanol–water partition coefficient (Wildman–Crippen LogP) is 2.85. The summed E-state index contributed by atoms with van der Waals surface area (Å²) in [7, 11) is 0. The van der Waals surface area contributed by atoms with Gasteiger partial charge in [-0.15, -0.1) is 0 Å². The Kier molecular flexibility index (Phi) is 4.61. The van der Waals surface area contributed by atoms with Gasteiger partial charge in [0.1, 0.15) is 5.82 Å². The summed E-state index contributed by atoms with van der Waals surface area (Å²) >= 11 is 0. The molecule has 128 valence electrons. The van der Waals surface area contributed by atoms with Gasteiger partial charge in [-0.05, 0) is 48.4 Å². The van der Waals surface area contributed by atoms with Crippen LogP contribution >= 0.6 is 0 Å². The number of hydrogen-bond donors (Lipinski definition) is 1. The van der Waals surface area contributed by atoms with E-state index >= 15 is 0 Å². The topological polar surface area (TPSA) is 72.5 Å². The molecular weight excluding hydrogens is 325 g/mol. The Labute approximate surface area is 143 Å². The van der Waals surface area contributed by atoms with Gasteiger partial charge in [0.2, 0.25) is 5.91 Å². The third-order valence-corrected chi connectivity index (χ3v) is 4.12. The lowest BCUT2D eigenvalue weighted by Gasteiger charge is -2.07. The Bertz CT molecular complexity index is 845. The predicted molar refractivity (Wildman–Crippen MR) is 88.9 cm³/mol. The van der Waals surface area contributed by atoms with Gasteiger partial charge in [0, 0.05) is 11.3 Å². The molecule has 2 aromatic rings. The van der Waals surface area contributed by atoms with E-state index in [9.17, 15) is 18.8 Å². The number of esters is 1. The molecule has 0 saturated heterocycles. The Morgan fingerprint density at radius 2 is 1.88 bits per heavy atom. The van der Waals surface area contributed by atoms with E-state index in [1.165, 1.54) is 24.3 Å². The Morgan fingerprint density at radius 3 is 2.60 bits per heavy atom. The fourth-order valence-corrected chi connectivity index (χ4v) is 2.64. The number of amides is 1. The molecule has 0 radical (unpaired) electrons. The zero-order valence-corrected chi connectivity index (χ0v) is 13.5. The van der Waals surface area contributed by atoms with Gasteiger partial charge in [0.05, 0.1) is 12.3 Å². The molecule has 0 aromatic heterocycles. The number of nitrogens with one attached hydrogen (secondary N) is 1. The van der Waals surface area contributed by atoms with E-state index in [1.54, 1.807) is 25.1 Å². The average molecular weight is 341 g/mol. The highest BCUT2D eigenvalue weighted by Crippen LogP contribution is 2.32. The van der Waals surface area contributed by atoms with Crippen molar-refractivity contribution in [2.75, 3.05) is 11.9 Å². The minimum absolute atomic E-state index is 0.0345. The number of ketones is 1. The van der Waals surface area contributed by atoms with E-state index in [2.05, 4.69) is 5.32 Å². The van der Waals surface area contributed by atoms with Gasteiger partial charge in [-0.1, -0.05) is 12.1 Å². The molecule has 5 nitrogen and oxygen atoms in total. The summed E-state index contributed by atoms with van der Waals surface area (Å²) in [5.41, 5.74) is 2.45. The van der Waals surface area contributed by atoms with Crippen LogP contribution in [-0.2, 0) is 20.7 Å². The minimum Gasteiger partial charge on any atom is -0.457 e. The lowest BCUT2D eigenvalue weighted by atomic mass is 9.99.